The number of hydrogen-bond donors (Lipinski definition) is 2. The molecule has 0 aliphatic carbocycles. The summed E-state index contributed by atoms with van der Waals surface area (Å²) < 4.78 is 5.26. The Balaban J connectivity index is 2.61. The van der Waals surface area contributed by atoms with Gasteiger partial charge in [0, 0.05) is 13.1 Å². The van der Waals surface area contributed by atoms with Crippen molar-refractivity contribution >= 4 is 12.0 Å². The van der Waals surface area contributed by atoms with E-state index in [4.69, 9.17) is 9.52 Å². The highest BCUT2D eigenvalue weighted by molar-refractivity contribution is 5.88. The Morgan fingerprint density at radius 2 is 2.00 bits per heavy atom. The molecule has 6 heteroatoms. The number of carbonyl (C=O) groups excluding carboxylic acids is 1. The zero-order valence-electron chi connectivity index (χ0n) is 10.8. The van der Waals surface area contributed by atoms with E-state index >= 15 is 0 Å². The Hall–Kier alpha value is -1.98. The maximum Gasteiger partial charge on any atom is 0.339 e. The number of rotatable bonds is 5. The molecule has 0 aromatic carbocycles. The van der Waals surface area contributed by atoms with Gasteiger partial charge >= 0.3 is 12.0 Å². The summed E-state index contributed by atoms with van der Waals surface area (Å²) in [5, 5.41) is 11.5. The first-order valence-corrected chi connectivity index (χ1v) is 5.84. The number of urea groups is 1. The van der Waals surface area contributed by atoms with Gasteiger partial charge in [0.2, 0.25) is 0 Å². The molecular formula is C12H18N2O4. The van der Waals surface area contributed by atoms with Gasteiger partial charge in [-0.25, -0.2) is 9.59 Å². The molecule has 0 aliphatic rings. The van der Waals surface area contributed by atoms with E-state index in [1.807, 2.05) is 13.8 Å². The van der Waals surface area contributed by atoms with Crippen LogP contribution < -0.4 is 5.32 Å². The first-order chi connectivity index (χ1) is 8.49. The predicted octanol–water partition coefficient (Wildman–Crippen LogP) is 1.84. The Morgan fingerprint density at radius 1 is 1.39 bits per heavy atom. The molecule has 1 aromatic rings. The SMILES string of the molecule is CCN(CC)C(=O)NCc1cc(C(=O)O)c(C)o1. The van der Waals surface area contributed by atoms with Crippen LogP contribution >= 0.6 is 0 Å². The van der Waals surface area contributed by atoms with E-state index in [2.05, 4.69) is 5.32 Å². The molecule has 1 rings (SSSR count). The van der Waals surface area contributed by atoms with Crippen LogP contribution in [-0.2, 0) is 6.54 Å². The normalized spacial score (nSPS) is 10.2. The van der Waals surface area contributed by atoms with E-state index in [-0.39, 0.29) is 18.1 Å². The largest absolute Gasteiger partial charge is 0.478 e. The lowest BCUT2D eigenvalue weighted by Crippen LogP contribution is -2.39. The van der Waals surface area contributed by atoms with Crippen molar-refractivity contribution in [1.82, 2.24) is 10.2 Å². The summed E-state index contributed by atoms with van der Waals surface area (Å²) >= 11 is 0. The van der Waals surface area contributed by atoms with Crippen molar-refractivity contribution in [3.05, 3.63) is 23.2 Å². The van der Waals surface area contributed by atoms with Crippen LogP contribution in [0.25, 0.3) is 0 Å². The van der Waals surface area contributed by atoms with Gasteiger partial charge in [0.25, 0.3) is 0 Å². The number of nitrogens with zero attached hydrogens (tertiary/aromatic N) is 1. The van der Waals surface area contributed by atoms with Crippen LogP contribution in [0.2, 0.25) is 0 Å². The topological polar surface area (TPSA) is 82.8 Å². The Kier molecular flexibility index (Phi) is 4.76. The van der Waals surface area contributed by atoms with Crippen LogP contribution in [0.5, 0.6) is 0 Å². The highest BCUT2D eigenvalue weighted by Crippen LogP contribution is 2.14. The molecule has 6 nitrogen and oxygen atoms in total. The first kappa shape index (κ1) is 14.1. The summed E-state index contributed by atoms with van der Waals surface area (Å²) in [7, 11) is 0. The van der Waals surface area contributed by atoms with Crippen molar-refractivity contribution in [1.29, 1.82) is 0 Å². The zero-order valence-corrected chi connectivity index (χ0v) is 10.8. The summed E-state index contributed by atoms with van der Waals surface area (Å²) in [6, 6.07) is 1.24. The molecule has 0 radical (unpaired) electrons. The Bertz CT molecular complexity index is 435. The third-order valence-electron chi connectivity index (χ3n) is 2.66. The van der Waals surface area contributed by atoms with E-state index in [1.165, 1.54) is 6.07 Å². The highest BCUT2D eigenvalue weighted by atomic mass is 16.4. The molecule has 0 bridgehead atoms. The van der Waals surface area contributed by atoms with Crippen molar-refractivity contribution in [2.75, 3.05) is 13.1 Å². The average molecular weight is 254 g/mol. The van der Waals surface area contributed by atoms with Gasteiger partial charge in [-0.3, -0.25) is 0 Å². The summed E-state index contributed by atoms with van der Waals surface area (Å²) in [5.74, 6) is -0.252. The summed E-state index contributed by atoms with van der Waals surface area (Å²) in [6.07, 6.45) is 0. The lowest BCUT2D eigenvalue weighted by Gasteiger charge is -2.18. The number of nitrogens with one attached hydrogen (secondary N) is 1. The summed E-state index contributed by atoms with van der Waals surface area (Å²) in [5.41, 5.74) is 0.127. The fourth-order valence-corrected chi connectivity index (χ4v) is 1.63. The van der Waals surface area contributed by atoms with E-state index in [1.54, 1.807) is 11.8 Å². The summed E-state index contributed by atoms with van der Waals surface area (Å²) in [4.78, 5) is 24.1. The van der Waals surface area contributed by atoms with Gasteiger partial charge in [-0.05, 0) is 26.8 Å². The smallest absolute Gasteiger partial charge is 0.339 e. The molecule has 0 saturated carbocycles. The molecule has 0 aliphatic heterocycles. The quantitative estimate of drug-likeness (QED) is 0.839. The van der Waals surface area contributed by atoms with Gasteiger partial charge in [-0.2, -0.15) is 0 Å². The number of carbonyl (C=O) groups is 2. The maximum atomic E-state index is 11.7. The summed E-state index contributed by atoms with van der Waals surface area (Å²) in [6.45, 7) is 6.80. The van der Waals surface area contributed by atoms with Crippen LogP contribution in [-0.4, -0.2) is 35.1 Å². The zero-order chi connectivity index (χ0) is 13.7. The van der Waals surface area contributed by atoms with E-state index in [0.717, 1.165) is 0 Å². The number of aromatic carboxylic acids is 1. The van der Waals surface area contributed by atoms with Crippen LogP contribution in [0.15, 0.2) is 10.5 Å². The lowest BCUT2D eigenvalue weighted by molar-refractivity contribution is 0.0695. The van der Waals surface area contributed by atoms with Crippen molar-refractivity contribution in [3.8, 4) is 0 Å². The molecule has 2 amide bonds. The fraction of sp³-hybridized carbons (Fsp3) is 0.500. The highest BCUT2D eigenvalue weighted by Gasteiger charge is 2.15. The van der Waals surface area contributed by atoms with Gasteiger partial charge < -0.3 is 19.7 Å². The molecule has 0 spiro atoms. The van der Waals surface area contributed by atoms with E-state index in [9.17, 15) is 9.59 Å². The number of carboxylic acids is 1. The van der Waals surface area contributed by atoms with Crippen molar-refractivity contribution < 1.29 is 19.1 Å². The molecule has 1 aromatic heterocycles. The number of furan rings is 1. The molecule has 2 N–H and O–H groups in total. The third-order valence-corrected chi connectivity index (χ3v) is 2.66. The molecule has 0 fully saturated rings. The number of carboxylic acid groups (broad SMARTS) is 1. The van der Waals surface area contributed by atoms with E-state index < -0.39 is 5.97 Å². The van der Waals surface area contributed by atoms with Crippen molar-refractivity contribution in [2.45, 2.75) is 27.3 Å². The number of aryl methyl sites for hydroxylation is 1. The van der Waals surface area contributed by atoms with Gasteiger partial charge in [0.15, 0.2) is 0 Å². The van der Waals surface area contributed by atoms with Gasteiger partial charge in [0.1, 0.15) is 17.1 Å². The first-order valence-electron chi connectivity index (χ1n) is 5.84. The second-order valence-corrected chi connectivity index (χ2v) is 3.82. The van der Waals surface area contributed by atoms with Crippen LogP contribution in [0.1, 0.15) is 35.7 Å². The lowest BCUT2D eigenvalue weighted by atomic mass is 10.2. The molecule has 100 valence electrons. The number of hydrogen-bond acceptors (Lipinski definition) is 3. The third kappa shape index (κ3) is 3.26. The average Bonchev–Trinajstić information content (AvgIpc) is 2.69. The standard InChI is InChI=1S/C12H18N2O4/c1-4-14(5-2)12(17)13-7-9-6-10(11(15)16)8(3)18-9/h6H,4-5,7H2,1-3H3,(H,13,17)(H,15,16). The molecule has 0 unspecified atom stereocenters. The second-order valence-electron chi connectivity index (χ2n) is 3.82. The van der Waals surface area contributed by atoms with Crippen molar-refractivity contribution in [3.63, 3.8) is 0 Å². The molecule has 0 atom stereocenters. The minimum atomic E-state index is -1.03. The van der Waals surface area contributed by atoms with Crippen LogP contribution in [0.3, 0.4) is 0 Å². The molecule has 0 saturated heterocycles. The minimum absolute atomic E-state index is 0.127. The molecular weight excluding hydrogens is 236 g/mol. The monoisotopic (exact) mass is 254 g/mol. The maximum absolute atomic E-state index is 11.7. The van der Waals surface area contributed by atoms with Crippen molar-refractivity contribution in [2.24, 2.45) is 0 Å². The van der Waals surface area contributed by atoms with Gasteiger partial charge in [-0.1, -0.05) is 0 Å². The molecule has 1 heterocycles. The predicted molar refractivity (Wildman–Crippen MR) is 65.6 cm³/mol. The minimum Gasteiger partial charge on any atom is -0.478 e. The fourth-order valence-electron chi connectivity index (χ4n) is 1.63. The van der Waals surface area contributed by atoms with Gasteiger partial charge in [0.05, 0.1) is 6.54 Å². The van der Waals surface area contributed by atoms with Gasteiger partial charge in [-0.15, -0.1) is 0 Å². The Morgan fingerprint density at radius 3 is 2.44 bits per heavy atom. The van der Waals surface area contributed by atoms with Crippen LogP contribution in [0.4, 0.5) is 4.79 Å². The van der Waals surface area contributed by atoms with Crippen LogP contribution in [0, 0.1) is 6.92 Å². The number of amides is 2. The second kappa shape index (κ2) is 6.09. The molecule has 18 heavy (non-hydrogen) atoms. The Labute approximate surface area is 106 Å². The van der Waals surface area contributed by atoms with E-state index in [0.29, 0.717) is 24.6 Å².